The molecule has 0 saturated heterocycles. The normalized spacial score (nSPS) is 16.9. The average Bonchev–Trinajstić information content (AvgIpc) is 2.25. The van der Waals surface area contributed by atoms with Crippen molar-refractivity contribution < 1.29 is 14.6 Å². The molecule has 0 aliphatic heterocycles. The lowest BCUT2D eigenvalue weighted by Gasteiger charge is -2.29. The lowest BCUT2D eigenvalue weighted by molar-refractivity contribution is -0.139. The number of rotatable bonds is 7. The van der Waals surface area contributed by atoms with Crippen molar-refractivity contribution in [3.63, 3.8) is 0 Å². The summed E-state index contributed by atoms with van der Waals surface area (Å²) in [6.07, 6.45) is 1.57. The van der Waals surface area contributed by atoms with Crippen molar-refractivity contribution in [2.75, 3.05) is 20.3 Å². The Hall–Kier alpha value is -0.130. The SMILES string of the molecule is CCC(C)(CCO)NCC(Br)C(=O)OC. The van der Waals surface area contributed by atoms with Crippen molar-refractivity contribution in [3.8, 4) is 0 Å². The molecule has 0 rings (SSSR count). The van der Waals surface area contributed by atoms with E-state index in [1.165, 1.54) is 7.11 Å². The summed E-state index contributed by atoms with van der Waals surface area (Å²) in [6.45, 7) is 4.71. The maximum Gasteiger partial charge on any atom is 0.320 e. The minimum Gasteiger partial charge on any atom is -0.468 e. The van der Waals surface area contributed by atoms with E-state index < -0.39 is 0 Å². The third-order valence-electron chi connectivity index (χ3n) is 2.61. The van der Waals surface area contributed by atoms with Gasteiger partial charge in [-0.05, 0) is 19.8 Å². The lowest BCUT2D eigenvalue weighted by Crippen LogP contribution is -2.46. The first kappa shape index (κ1) is 14.9. The molecule has 0 aromatic rings. The molecule has 0 aliphatic rings. The maximum atomic E-state index is 11.1. The highest BCUT2D eigenvalue weighted by atomic mass is 79.9. The molecule has 0 amide bonds. The van der Waals surface area contributed by atoms with Crippen LogP contribution in [0.5, 0.6) is 0 Å². The number of methoxy groups -OCH3 is 1. The van der Waals surface area contributed by atoms with Gasteiger partial charge < -0.3 is 15.2 Å². The van der Waals surface area contributed by atoms with Gasteiger partial charge in [0.2, 0.25) is 0 Å². The number of halogens is 1. The second-order valence-electron chi connectivity index (χ2n) is 3.76. The number of ether oxygens (including phenoxy) is 1. The lowest BCUT2D eigenvalue weighted by atomic mass is 9.95. The predicted molar refractivity (Wildman–Crippen MR) is 63.1 cm³/mol. The van der Waals surface area contributed by atoms with Crippen molar-refractivity contribution in [2.45, 2.75) is 37.1 Å². The summed E-state index contributed by atoms with van der Waals surface area (Å²) in [4.78, 5) is 10.8. The Morgan fingerprint density at radius 3 is 2.67 bits per heavy atom. The van der Waals surface area contributed by atoms with E-state index in [2.05, 4.69) is 26.0 Å². The van der Waals surface area contributed by atoms with Crippen LogP contribution in [0.1, 0.15) is 26.7 Å². The van der Waals surface area contributed by atoms with Crippen molar-refractivity contribution >= 4 is 21.9 Å². The van der Waals surface area contributed by atoms with Crippen LogP contribution in [0.3, 0.4) is 0 Å². The van der Waals surface area contributed by atoms with Gasteiger partial charge in [0.25, 0.3) is 0 Å². The zero-order chi connectivity index (χ0) is 11.9. The van der Waals surface area contributed by atoms with E-state index in [0.29, 0.717) is 13.0 Å². The smallest absolute Gasteiger partial charge is 0.320 e. The molecule has 0 aromatic carbocycles. The molecular weight excluding hydrogens is 262 g/mol. The van der Waals surface area contributed by atoms with Crippen LogP contribution >= 0.6 is 15.9 Å². The Kier molecular flexibility index (Phi) is 7.13. The summed E-state index contributed by atoms with van der Waals surface area (Å²) >= 11 is 3.24. The standard InChI is InChI=1S/C10H20BrNO3/c1-4-10(2,5-6-13)12-7-8(11)9(14)15-3/h8,12-13H,4-7H2,1-3H3. The second-order valence-corrected chi connectivity index (χ2v) is 4.86. The summed E-state index contributed by atoms with van der Waals surface area (Å²) in [6, 6.07) is 0. The number of hydrogen-bond acceptors (Lipinski definition) is 4. The zero-order valence-electron chi connectivity index (χ0n) is 9.55. The molecule has 0 aromatic heterocycles. The molecule has 2 N–H and O–H groups in total. The Balaban J connectivity index is 4.05. The van der Waals surface area contributed by atoms with Crippen molar-refractivity contribution in [2.24, 2.45) is 0 Å². The van der Waals surface area contributed by atoms with Crippen molar-refractivity contribution in [3.05, 3.63) is 0 Å². The number of nitrogens with one attached hydrogen (secondary N) is 1. The fraction of sp³-hybridized carbons (Fsp3) is 0.900. The average molecular weight is 282 g/mol. The van der Waals surface area contributed by atoms with Crippen LogP contribution in [0, 0.1) is 0 Å². The van der Waals surface area contributed by atoms with E-state index in [0.717, 1.165) is 6.42 Å². The van der Waals surface area contributed by atoms with E-state index in [1.54, 1.807) is 0 Å². The number of aliphatic hydroxyl groups excluding tert-OH is 1. The summed E-state index contributed by atoms with van der Waals surface area (Å²) < 4.78 is 4.60. The van der Waals surface area contributed by atoms with Gasteiger partial charge in [-0.25, -0.2) is 0 Å². The topological polar surface area (TPSA) is 58.6 Å². The molecule has 2 unspecified atom stereocenters. The summed E-state index contributed by atoms with van der Waals surface area (Å²) in [5.74, 6) is -0.287. The Morgan fingerprint density at radius 1 is 1.67 bits per heavy atom. The zero-order valence-corrected chi connectivity index (χ0v) is 11.1. The highest BCUT2D eigenvalue weighted by molar-refractivity contribution is 9.10. The molecule has 0 aliphatic carbocycles. The molecule has 4 nitrogen and oxygen atoms in total. The predicted octanol–water partition coefficient (Wildman–Crippen LogP) is 1.06. The third kappa shape index (κ3) is 5.49. The molecule has 15 heavy (non-hydrogen) atoms. The van der Waals surface area contributed by atoms with Crippen molar-refractivity contribution in [1.29, 1.82) is 0 Å². The van der Waals surface area contributed by atoms with Gasteiger partial charge in [0.05, 0.1) is 7.11 Å². The fourth-order valence-electron chi connectivity index (χ4n) is 1.18. The largest absolute Gasteiger partial charge is 0.468 e. The van der Waals surface area contributed by atoms with Gasteiger partial charge in [0.1, 0.15) is 4.83 Å². The summed E-state index contributed by atoms with van der Waals surface area (Å²) in [5.41, 5.74) is -0.130. The number of alkyl halides is 1. The van der Waals surface area contributed by atoms with E-state index in [-0.39, 0.29) is 22.9 Å². The van der Waals surface area contributed by atoms with Crippen LogP contribution in [-0.4, -0.2) is 41.7 Å². The Bertz CT molecular complexity index is 201. The monoisotopic (exact) mass is 281 g/mol. The molecular formula is C10H20BrNO3. The van der Waals surface area contributed by atoms with Crippen LogP contribution < -0.4 is 5.32 Å². The molecule has 0 bridgehead atoms. The first-order valence-corrected chi connectivity index (χ1v) is 5.98. The first-order valence-electron chi connectivity index (χ1n) is 5.07. The van der Waals surface area contributed by atoms with Gasteiger partial charge >= 0.3 is 5.97 Å². The van der Waals surface area contributed by atoms with Gasteiger partial charge in [-0.1, -0.05) is 22.9 Å². The van der Waals surface area contributed by atoms with E-state index in [1.807, 2.05) is 13.8 Å². The van der Waals surface area contributed by atoms with Crippen molar-refractivity contribution in [1.82, 2.24) is 5.32 Å². The van der Waals surface area contributed by atoms with Gasteiger partial charge in [-0.3, -0.25) is 4.79 Å². The van der Waals surface area contributed by atoms with Gasteiger partial charge in [-0.15, -0.1) is 0 Å². The number of aliphatic hydroxyl groups is 1. The van der Waals surface area contributed by atoms with E-state index in [9.17, 15) is 4.79 Å². The van der Waals surface area contributed by atoms with Crippen LogP contribution in [0.2, 0.25) is 0 Å². The molecule has 2 atom stereocenters. The van der Waals surface area contributed by atoms with Gasteiger partial charge in [-0.2, -0.15) is 0 Å². The van der Waals surface area contributed by atoms with Gasteiger partial charge in [0, 0.05) is 18.7 Å². The highest BCUT2D eigenvalue weighted by Gasteiger charge is 2.23. The van der Waals surface area contributed by atoms with E-state index >= 15 is 0 Å². The number of carbonyl (C=O) groups excluding carboxylic acids is 1. The number of esters is 1. The minimum absolute atomic E-state index is 0.130. The number of hydrogen-bond donors (Lipinski definition) is 2. The van der Waals surface area contributed by atoms with Crippen LogP contribution in [0.4, 0.5) is 0 Å². The minimum atomic E-state index is -0.341. The highest BCUT2D eigenvalue weighted by Crippen LogP contribution is 2.14. The molecule has 0 spiro atoms. The maximum absolute atomic E-state index is 11.1. The Labute approximate surface area is 99.5 Å². The molecule has 90 valence electrons. The van der Waals surface area contributed by atoms with Crippen LogP contribution in [0.25, 0.3) is 0 Å². The molecule has 0 saturated carbocycles. The third-order valence-corrected chi connectivity index (χ3v) is 3.31. The summed E-state index contributed by atoms with van der Waals surface area (Å²) in [7, 11) is 1.36. The number of carbonyl (C=O) groups is 1. The molecule has 0 fully saturated rings. The first-order chi connectivity index (χ1) is 6.99. The quantitative estimate of drug-likeness (QED) is 0.541. The second kappa shape index (κ2) is 7.19. The molecule has 5 heteroatoms. The fourth-order valence-corrected chi connectivity index (χ4v) is 1.53. The van der Waals surface area contributed by atoms with Crippen LogP contribution in [0.15, 0.2) is 0 Å². The van der Waals surface area contributed by atoms with E-state index in [4.69, 9.17) is 5.11 Å². The van der Waals surface area contributed by atoms with Crippen LogP contribution in [-0.2, 0) is 9.53 Å². The molecule has 0 radical (unpaired) electrons. The Morgan fingerprint density at radius 2 is 2.27 bits per heavy atom. The molecule has 0 heterocycles. The summed E-state index contributed by atoms with van der Waals surface area (Å²) in [5, 5.41) is 12.2. The van der Waals surface area contributed by atoms with Gasteiger partial charge in [0.15, 0.2) is 0 Å².